The van der Waals surface area contributed by atoms with E-state index >= 15 is 0 Å². The predicted molar refractivity (Wildman–Crippen MR) is 74.6 cm³/mol. The predicted octanol–water partition coefficient (Wildman–Crippen LogP) is 2.04. The van der Waals surface area contributed by atoms with Gasteiger partial charge in [0.1, 0.15) is 4.21 Å². The van der Waals surface area contributed by atoms with Gasteiger partial charge in [-0.15, -0.1) is 11.3 Å². The van der Waals surface area contributed by atoms with Crippen LogP contribution in [0, 0.1) is 0 Å². The van der Waals surface area contributed by atoms with E-state index in [1.165, 1.54) is 15.6 Å². The Hall–Kier alpha value is 0.01000. The van der Waals surface area contributed by atoms with E-state index in [9.17, 15) is 8.42 Å². The van der Waals surface area contributed by atoms with Gasteiger partial charge in [0, 0.05) is 30.4 Å². The molecule has 2 saturated heterocycles. The Kier molecular flexibility index (Phi) is 3.74. The lowest BCUT2D eigenvalue weighted by atomic mass is 10.1. The van der Waals surface area contributed by atoms with E-state index in [4.69, 9.17) is 9.47 Å². The van der Waals surface area contributed by atoms with Crippen molar-refractivity contribution in [2.45, 2.75) is 22.8 Å². The molecule has 0 atom stereocenters. The Labute approximate surface area is 124 Å². The van der Waals surface area contributed by atoms with Gasteiger partial charge >= 0.3 is 0 Å². The molecule has 0 saturated carbocycles. The van der Waals surface area contributed by atoms with Crippen LogP contribution in [-0.4, -0.2) is 44.8 Å². The van der Waals surface area contributed by atoms with E-state index in [0.29, 0.717) is 47.8 Å². The molecule has 19 heavy (non-hydrogen) atoms. The highest BCUT2D eigenvalue weighted by Crippen LogP contribution is 2.36. The Balaban J connectivity index is 1.76. The number of ether oxygens (including phenoxy) is 2. The Morgan fingerprint density at radius 1 is 1.26 bits per heavy atom. The molecule has 1 aromatic heterocycles. The van der Waals surface area contributed by atoms with Crippen LogP contribution < -0.4 is 0 Å². The zero-order valence-electron chi connectivity index (χ0n) is 10.2. The highest BCUT2D eigenvalue weighted by atomic mass is 79.9. The first-order chi connectivity index (χ1) is 9.04. The monoisotopic (exact) mass is 367 g/mol. The molecule has 5 nitrogen and oxygen atoms in total. The van der Waals surface area contributed by atoms with Crippen LogP contribution in [0.4, 0.5) is 0 Å². The maximum Gasteiger partial charge on any atom is 0.253 e. The molecule has 2 fully saturated rings. The zero-order chi connectivity index (χ0) is 13.5. The maximum absolute atomic E-state index is 12.5. The fraction of sp³-hybridized carbons (Fsp3) is 0.636. The van der Waals surface area contributed by atoms with Crippen LogP contribution in [0.2, 0.25) is 0 Å². The molecule has 0 aliphatic carbocycles. The number of rotatable bonds is 2. The van der Waals surface area contributed by atoms with E-state index < -0.39 is 15.8 Å². The summed E-state index contributed by atoms with van der Waals surface area (Å²) in [6, 6.07) is 1.76. The molecule has 1 aromatic rings. The molecule has 3 rings (SSSR count). The third-order valence-corrected chi connectivity index (χ3v) is 8.00. The molecular formula is C11H14BrNO4S2. The number of piperidine rings is 1. The van der Waals surface area contributed by atoms with Crippen LogP contribution >= 0.6 is 27.3 Å². The molecule has 3 heterocycles. The van der Waals surface area contributed by atoms with Gasteiger partial charge in [0.05, 0.1) is 13.2 Å². The third kappa shape index (κ3) is 2.50. The van der Waals surface area contributed by atoms with Gasteiger partial charge in [0.25, 0.3) is 10.0 Å². The van der Waals surface area contributed by atoms with Gasteiger partial charge in [-0.3, -0.25) is 0 Å². The summed E-state index contributed by atoms with van der Waals surface area (Å²) in [6.07, 6.45) is 1.18. The van der Waals surface area contributed by atoms with Gasteiger partial charge in [0.15, 0.2) is 5.79 Å². The Morgan fingerprint density at radius 3 is 2.42 bits per heavy atom. The van der Waals surface area contributed by atoms with Gasteiger partial charge in [-0.1, -0.05) is 0 Å². The Bertz CT molecular complexity index is 555. The number of halogens is 1. The third-order valence-electron chi connectivity index (χ3n) is 3.46. The summed E-state index contributed by atoms with van der Waals surface area (Å²) < 4.78 is 38.7. The van der Waals surface area contributed by atoms with E-state index in [1.807, 2.05) is 0 Å². The first-order valence-electron chi connectivity index (χ1n) is 6.05. The SMILES string of the molecule is O=S(=O)(c1sccc1Br)N1CCC2(CC1)OCCO2. The fourth-order valence-corrected chi connectivity index (χ4v) is 6.33. The number of hydrogen-bond acceptors (Lipinski definition) is 5. The Morgan fingerprint density at radius 2 is 1.89 bits per heavy atom. The summed E-state index contributed by atoms with van der Waals surface area (Å²) in [5.41, 5.74) is 0. The van der Waals surface area contributed by atoms with Crippen LogP contribution in [0.3, 0.4) is 0 Å². The van der Waals surface area contributed by atoms with Crippen LogP contribution in [0.1, 0.15) is 12.8 Å². The van der Waals surface area contributed by atoms with Crippen molar-refractivity contribution < 1.29 is 17.9 Å². The summed E-state index contributed by atoms with van der Waals surface area (Å²) in [5, 5.41) is 1.77. The lowest BCUT2D eigenvalue weighted by Gasteiger charge is -2.36. The zero-order valence-corrected chi connectivity index (χ0v) is 13.4. The molecule has 8 heteroatoms. The van der Waals surface area contributed by atoms with Crippen molar-refractivity contribution in [3.63, 3.8) is 0 Å². The minimum atomic E-state index is -3.40. The van der Waals surface area contributed by atoms with Crippen molar-refractivity contribution in [2.75, 3.05) is 26.3 Å². The first-order valence-corrected chi connectivity index (χ1v) is 9.16. The summed E-state index contributed by atoms with van der Waals surface area (Å²) in [7, 11) is -3.40. The van der Waals surface area contributed by atoms with Crippen molar-refractivity contribution in [1.82, 2.24) is 4.31 Å². The van der Waals surface area contributed by atoms with Crippen molar-refractivity contribution in [1.29, 1.82) is 0 Å². The molecule has 0 bridgehead atoms. The van der Waals surface area contributed by atoms with Crippen molar-refractivity contribution in [3.8, 4) is 0 Å². The van der Waals surface area contributed by atoms with Gasteiger partial charge in [-0.05, 0) is 27.4 Å². The van der Waals surface area contributed by atoms with Gasteiger partial charge in [-0.2, -0.15) is 4.31 Å². The quantitative estimate of drug-likeness (QED) is 0.802. The van der Waals surface area contributed by atoms with Gasteiger partial charge < -0.3 is 9.47 Å². The summed E-state index contributed by atoms with van der Waals surface area (Å²) in [4.78, 5) is 0. The number of sulfonamides is 1. The standard InChI is InChI=1S/C11H14BrNO4S2/c12-9-1-8-18-10(9)19(14,15)13-4-2-11(3-5-13)16-6-7-17-11/h1,8H,2-7H2. The van der Waals surface area contributed by atoms with Crippen LogP contribution in [0.15, 0.2) is 20.1 Å². The van der Waals surface area contributed by atoms with Crippen molar-refractivity contribution in [3.05, 3.63) is 15.9 Å². The molecule has 2 aliphatic heterocycles. The average Bonchev–Trinajstić information content (AvgIpc) is 3.00. The molecule has 106 valence electrons. The van der Waals surface area contributed by atoms with Crippen molar-refractivity contribution >= 4 is 37.3 Å². The second-order valence-corrected chi connectivity index (χ2v) is 8.47. The maximum atomic E-state index is 12.5. The molecule has 0 N–H and O–H groups in total. The number of hydrogen-bond donors (Lipinski definition) is 0. The molecule has 2 aliphatic rings. The molecular weight excluding hydrogens is 354 g/mol. The van der Waals surface area contributed by atoms with Crippen LogP contribution in [0.25, 0.3) is 0 Å². The summed E-state index contributed by atoms with van der Waals surface area (Å²) in [5.74, 6) is -0.543. The smallest absolute Gasteiger partial charge is 0.253 e. The number of nitrogens with zero attached hydrogens (tertiary/aromatic N) is 1. The first kappa shape index (κ1) is 14.0. The fourth-order valence-electron chi connectivity index (χ4n) is 2.43. The molecule has 0 amide bonds. The average molecular weight is 368 g/mol. The van der Waals surface area contributed by atoms with Crippen LogP contribution in [-0.2, 0) is 19.5 Å². The normalized spacial score (nSPS) is 24.1. The summed E-state index contributed by atoms with van der Waals surface area (Å²) in [6.45, 7) is 2.08. The van der Waals surface area contributed by atoms with Crippen LogP contribution in [0.5, 0.6) is 0 Å². The largest absolute Gasteiger partial charge is 0.347 e. The van der Waals surface area contributed by atoms with E-state index in [2.05, 4.69) is 15.9 Å². The summed E-state index contributed by atoms with van der Waals surface area (Å²) >= 11 is 4.52. The highest BCUT2D eigenvalue weighted by Gasteiger charge is 2.43. The van der Waals surface area contributed by atoms with Crippen molar-refractivity contribution in [2.24, 2.45) is 0 Å². The van der Waals surface area contributed by atoms with E-state index in [1.54, 1.807) is 11.4 Å². The van der Waals surface area contributed by atoms with Gasteiger partial charge in [0.2, 0.25) is 0 Å². The highest BCUT2D eigenvalue weighted by molar-refractivity contribution is 9.10. The van der Waals surface area contributed by atoms with E-state index in [-0.39, 0.29) is 0 Å². The molecule has 0 unspecified atom stereocenters. The van der Waals surface area contributed by atoms with E-state index in [0.717, 1.165) is 0 Å². The minimum Gasteiger partial charge on any atom is -0.347 e. The second kappa shape index (κ2) is 5.09. The topological polar surface area (TPSA) is 55.8 Å². The molecule has 0 aromatic carbocycles. The minimum absolute atomic E-state index is 0.372. The molecule has 1 spiro atoms. The molecule has 0 radical (unpaired) electrons. The number of thiophene rings is 1. The second-order valence-electron chi connectivity index (χ2n) is 4.57. The van der Waals surface area contributed by atoms with Gasteiger partial charge in [-0.25, -0.2) is 8.42 Å². The lowest BCUT2D eigenvalue weighted by molar-refractivity contribution is -0.179. The lowest BCUT2D eigenvalue weighted by Crippen LogP contribution is -2.47.